The van der Waals surface area contributed by atoms with Crippen LogP contribution in [0.3, 0.4) is 0 Å². The van der Waals surface area contributed by atoms with Gasteiger partial charge in [0.2, 0.25) is 11.8 Å². The highest BCUT2D eigenvalue weighted by molar-refractivity contribution is 7.92. The number of sulfonamides is 1. The highest BCUT2D eigenvalue weighted by Gasteiger charge is 2.28. The summed E-state index contributed by atoms with van der Waals surface area (Å²) in [7, 11) is -2.73. The Labute approximate surface area is 215 Å². The molecule has 10 nitrogen and oxygen atoms in total. The molecule has 0 fully saturated rings. The summed E-state index contributed by atoms with van der Waals surface area (Å²) < 4.78 is 38.4. The molecule has 2 amide bonds. The van der Waals surface area contributed by atoms with Crippen LogP contribution in [0.15, 0.2) is 77.7 Å². The van der Waals surface area contributed by atoms with Crippen LogP contribution < -0.4 is 19.7 Å². The molecule has 0 aliphatic rings. The van der Waals surface area contributed by atoms with Crippen molar-refractivity contribution >= 4 is 44.9 Å². The van der Waals surface area contributed by atoms with Gasteiger partial charge in [0.15, 0.2) is 0 Å². The molecule has 0 saturated heterocycles. The highest BCUT2D eigenvalue weighted by Crippen LogP contribution is 2.27. The number of hydrogen-bond acceptors (Lipinski definition) is 7. The maximum absolute atomic E-state index is 13.6. The summed E-state index contributed by atoms with van der Waals surface area (Å²) in [6.07, 6.45) is 0. The van der Waals surface area contributed by atoms with Crippen LogP contribution in [0.25, 0.3) is 0 Å². The van der Waals surface area contributed by atoms with Gasteiger partial charge in [-0.1, -0.05) is 12.1 Å². The van der Waals surface area contributed by atoms with Gasteiger partial charge in [0.05, 0.1) is 35.6 Å². The summed E-state index contributed by atoms with van der Waals surface area (Å²) >= 11 is 0. The van der Waals surface area contributed by atoms with Gasteiger partial charge in [0, 0.05) is 12.6 Å². The first kappa shape index (κ1) is 27.2. The molecule has 37 heavy (non-hydrogen) atoms. The molecule has 11 heteroatoms. The van der Waals surface area contributed by atoms with Gasteiger partial charge in [-0.25, -0.2) is 13.2 Å². The number of rotatable bonds is 10. The summed E-state index contributed by atoms with van der Waals surface area (Å²) in [4.78, 5) is 36.5. The topological polar surface area (TPSA) is 131 Å². The molecular formula is C26H27N3O7S. The Hall–Kier alpha value is -4.38. The average Bonchev–Trinajstić information content (AvgIpc) is 2.87. The zero-order valence-corrected chi connectivity index (χ0v) is 21.4. The summed E-state index contributed by atoms with van der Waals surface area (Å²) in [5, 5.41) is 5.19. The second kappa shape index (κ2) is 12.0. The molecule has 2 N–H and O–H groups in total. The average molecular weight is 526 g/mol. The Kier molecular flexibility index (Phi) is 8.86. The quantitative estimate of drug-likeness (QED) is 0.386. The summed E-state index contributed by atoms with van der Waals surface area (Å²) in [6.45, 7) is 2.58. The van der Waals surface area contributed by atoms with Crippen molar-refractivity contribution in [1.29, 1.82) is 0 Å². The van der Waals surface area contributed by atoms with Crippen LogP contribution in [-0.2, 0) is 24.3 Å². The van der Waals surface area contributed by atoms with Gasteiger partial charge >= 0.3 is 5.97 Å². The first-order chi connectivity index (χ1) is 17.6. The fraction of sp³-hybridized carbons (Fsp3) is 0.192. The lowest BCUT2D eigenvalue weighted by Crippen LogP contribution is -2.38. The second-order valence-electron chi connectivity index (χ2n) is 7.73. The van der Waals surface area contributed by atoms with E-state index < -0.39 is 28.4 Å². The molecule has 3 aromatic rings. The van der Waals surface area contributed by atoms with Crippen molar-refractivity contribution in [1.82, 2.24) is 0 Å². The maximum Gasteiger partial charge on any atom is 0.340 e. The molecule has 0 aliphatic carbocycles. The fourth-order valence-electron chi connectivity index (χ4n) is 3.40. The van der Waals surface area contributed by atoms with Gasteiger partial charge in [-0.3, -0.25) is 13.9 Å². The van der Waals surface area contributed by atoms with Crippen LogP contribution in [0.1, 0.15) is 24.2 Å². The number of carbonyl (C=O) groups is 3. The van der Waals surface area contributed by atoms with Crippen LogP contribution in [0.5, 0.6) is 5.75 Å². The Morgan fingerprint density at radius 1 is 0.892 bits per heavy atom. The number of hydrogen-bond donors (Lipinski definition) is 2. The van der Waals surface area contributed by atoms with Crippen molar-refractivity contribution < 1.29 is 32.3 Å². The number of nitrogens with one attached hydrogen (secondary N) is 2. The number of para-hydroxylation sites is 1. The molecule has 0 saturated carbocycles. The predicted molar refractivity (Wildman–Crippen MR) is 139 cm³/mol. The fourth-order valence-corrected chi connectivity index (χ4v) is 4.82. The van der Waals surface area contributed by atoms with E-state index in [9.17, 15) is 22.8 Å². The van der Waals surface area contributed by atoms with E-state index in [-0.39, 0.29) is 34.3 Å². The molecule has 0 aliphatic heterocycles. The van der Waals surface area contributed by atoms with Crippen LogP contribution >= 0.6 is 0 Å². The standard InChI is InChI=1S/C26H27N3O7S/c1-4-36-26(32)23-7-5-6-8-24(23)28-25(31)17-29(20-11-13-21(35-3)14-12-20)37(33,34)22-15-9-19(10-16-22)27-18(2)30/h5-16H,4,17H2,1-3H3,(H,27,30)(H,28,31). The minimum atomic E-state index is -4.21. The van der Waals surface area contributed by atoms with Crippen molar-refractivity contribution in [2.24, 2.45) is 0 Å². The van der Waals surface area contributed by atoms with Crippen LogP contribution in [0.4, 0.5) is 17.1 Å². The van der Waals surface area contributed by atoms with E-state index in [1.54, 1.807) is 31.2 Å². The van der Waals surface area contributed by atoms with Crippen molar-refractivity contribution in [3.05, 3.63) is 78.4 Å². The van der Waals surface area contributed by atoms with E-state index in [0.29, 0.717) is 11.4 Å². The lowest BCUT2D eigenvalue weighted by molar-refractivity contribution is -0.115. The molecule has 0 heterocycles. The lowest BCUT2D eigenvalue weighted by atomic mass is 10.2. The lowest BCUT2D eigenvalue weighted by Gasteiger charge is -2.24. The molecule has 3 rings (SSSR count). The number of amides is 2. The molecule has 3 aromatic carbocycles. The Morgan fingerprint density at radius 2 is 1.54 bits per heavy atom. The van der Waals surface area contributed by atoms with Gasteiger partial charge in [0.1, 0.15) is 12.3 Å². The summed E-state index contributed by atoms with van der Waals surface area (Å²) in [6, 6.07) is 18.1. The number of methoxy groups -OCH3 is 1. The molecule has 0 aromatic heterocycles. The first-order valence-corrected chi connectivity index (χ1v) is 12.7. The van der Waals surface area contributed by atoms with Crippen LogP contribution in [-0.4, -0.2) is 46.5 Å². The smallest absolute Gasteiger partial charge is 0.340 e. The third-order valence-corrected chi connectivity index (χ3v) is 6.89. The number of esters is 1. The molecule has 194 valence electrons. The largest absolute Gasteiger partial charge is 0.497 e. The van der Waals surface area contributed by atoms with Gasteiger partial charge in [-0.15, -0.1) is 0 Å². The molecular weight excluding hydrogens is 498 g/mol. The van der Waals surface area contributed by atoms with Crippen molar-refractivity contribution in [2.45, 2.75) is 18.7 Å². The number of anilines is 3. The van der Waals surface area contributed by atoms with Gasteiger partial charge in [-0.05, 0) is 67.6 Å². The van der Waals surface area contributed by atoms with E-state index in [1.165, 1.54) is 62.6 Å². The maximum atomic E-state index is 13.6. The first-order valence-electron chi connectivity index (χ1n) is 11.3. The Bertz CT molecular complexity index is 1370. The number of benzene rings is 3. The SMILES string of the molecule is CCOC(=O)c1ccccc1NC(=O)CN(c1ccc(OC)cc1)S(=O)(=O)c1ccc(NC(C)=O)cc1. The minimum absolute atomic E-state index is 0.0860. The van der Waals surface area contributed by atoms with E-state index in [2.05, 4.69) is 10.6 Å². The van der Waals surface area contributed by atoms with Crippen molar-refractivity contribution in [2.75, 3.05) is 35.2 Å². The van der Waals surface area contributed by atoms with Crippen molar-refractivity contribution in [3.63, 3.8) is 0 Å². The molecule has 0 spiro atoms. The third-order valence-electron chi connectivity index (χ3n) is 5.11. The Morgan fingerprint density at radius 3 is 2.14 bits per heavy atom. The number of nitrogens with zero attached hydrogens (tertiary/aromatic N) is 1. The number of carbonyl (C=O) groups excluding carboxylic acids is 3. The van der Waals surface area contributed by atoms with Crippen LogP contribution in [0.2, 0.25) is 0 Å². The molecule has 0 atom stereocenters. The van der Waals surface area contributed by atoms with Gasteiger partial charge in [-0.2, -0.15) is 0 Å². The van der Waals surface area contributed by atoms with E-state index in [4.69, 9.17) is 9.47 Å². The minimum Gasteiger partial charge on any atom is -0.497 e. The Balaban J connectivity index is 1.94. The van der Waals surface area contributed by atoms with E-state index in [1.807, 2.05) is 0 Å². The molecule has 0 unspecified atom stereocenters. The van der Waals surface area contributed by atoms with Crippen molar-refractivity contribution in [3.8, 4) is 5.75 Å². The normalized spacial score (nSPS) is 10.8. The van der Waals surface area contributed by atoms with Gasteiger partial charge < -0.3 is 20.1 Å². The zero-order valence-electron chi connectivity index (χ0n) is 20.6. The zero-order chi connectivity index (χ0) is 27.0. The highest BCUT2D eigenvalue weighted by atomic mass is 32.2. The number of ether oxygens (including phenoxy) is 2. The third kappa shape index (κ3) is 6.85. The summed E-state index contributed by atoms with van der Waals surface area (Å²) in [5.41, 5.74) is 0.985. The van der Waals surface area contributed by atoms with Gasteiger partial charge in [0.25, 0.3) is 10.0 Å². The molecule has 0 radical (unpaired) electrons. The monoisotopic (exact) mass is 525 g/mol. The second-order valence-corrected chi connectivity index (χ2v) is 9.59. The van der Waals surface area contributed by atoms with E-state index >= 15 is 0 Å². The summed E-state index contributed by atoms with van der Waals surface area (Å²) in [5.74, 6) is -1.08. The predicted octanol–water partition coefficient (Wildman–Crippen LogP) is 3.66. The van der Waals surface area contributed by atoms with E-state index in [0.717, 1.165) is 4.31 Å². The van der Waals surface area contributed by atoms with Crippen LogP contribution in [0, 0.1) is 0 Å². The molecule has 0 bridgehead atoms.